The molecule has 4 heterocycles. The summed E-state index contributed by atoms with van der Waals surface area (Å²) < 4.78 is 15.2. The van der Waals surface area contributed by atoms with Crippen LogP contribution in [0.3, 0.4) is 0 Å². The average Bonchev–Trinajstić information content (AvgIpc) is 3.58. The van der Waals surface area contributed by atoms with Gasteiger partial charge in [-0.3, -0.25) is 9.79 Å². The predicted molar refractivity (Wildman–Crippen MR) is 116 cm³/mol. The summed E-state index contributed by atoms with van der Waals surface area (Å²) in [4.78, 5) is 24.8. The fraction of sp³-hybridized carbons (Fsp3) is 0.478. The van der Waals surface area contributed by atoms with Crippen LogP contribution in [0.4, 0.5) is 10.2 Å². The van der Waals surface area contributed by atoms with Gasteiger partial charge in [0.1, 0.15) is 17.2 Å². The number of carbonyl (C=O) groups is 1. The van der Waals surface area contributed by atoms with Gasteiger partial charge in [-0.25, -0.2) is 13.9 Å². The molecule has 2 spiro atoms. The average molecular weight is 420 g/mol. The largest absolute Gasteiger partial charge is 0.346 e. The molecule has 2 aromatic heterocycles. The zero-order valence-corrected chi connectivity index (χ0v) is 17.6. The summed E-state index contributed by atoms with van der Waals surface area (Å²) in [6, 6.07) is 1.95. The molecule has 2 bridgehead atoms. The normalized spacial score (nSPS) is 30.6. The Morgan fingerprint density at radius 1 is 1.42 bits per heavy atom. The first-order valence-electron chi connectivity index (χ1n) is 11.0. The number of allylic oxidation sites excluding steroid dienone is 1. The number of piperidine rings is 1. The van der Waals surface area contributed by atoms with Gasteiger partial charge >= 0.3 is 0 Å². The minimum atomic E-state index is -0.328. The molecule has 2 aromatic rings. The van der Waals surface area contributed by atoms with Gasteiger partial charge in [-0.15, -0.1) is 0 Å². The van der Waals surface area contributed by atoms with Crippen LogP contribution in [-0.4, -0.2) is 43.8 Å². The van der Waals surface area contributed by atoms with Gasteiger partial charge in [-0.2, -0.15) is 5.10 Å². The van der Waals surface area contributed by atoms with Crippen LogP contribution >= 0.6 is 0 Å². The lowest BCUT2D eigenvalue weighted by molar-refractivity contribution is 0.0931. The van der Waals surface area contributed by atoms with Gasteiger partial charge in [-0.1, -0.05) is 6.58 Å². The van der Waals surface area contributed by atoms with E-state index in [1.54, 1.807) is 10.7 Å². The van der Waals surface area contributed by atoms with Gasteiger partial charge in [0.25, 0.3) is 5.91 Å². The monoisotopic (exact) mass is 420 g/mol. The summed E-state index contributed by atoms with van der Waals surface area (Å²) in [5.74, 6) is 0.849. The van der Waals surface area contributed by atoms with Crippen LogP contribution in [0.25, 0.3) is 5.65 Å². The third-order valence-electron chi connectivity index (χ3n) is 7.47. The Kier molecular flexibility index (Phi) is 3.77. The van der Waals surface area contributed by atoms with Crippen molar-refractivity contribution in [3.63, 3.8) is 0 Å². The number of nitrogens with one attached hydrogen (secondary N) is 1. The van der Waals surface area contributed by atoms with E-state index in [2.05, 4.69) is 26.9 Å². The number of hydrogen-bond acceptors (Lipinski definition) is 5. The Bertz CT molecular complexity index is 1190. The standard InChI is InChI=1S/C23H25FN6O/c1-14(24)12-25-18-3-6-22(7-8-22)28-21(31)17-13-26-30-10-5-19(27-20(17)30)29-9-4-16-11-23(16,29)15(18)2/h5,10,12-13,16H,2-4,6-9,11H2,1H3,(H,28,31)/b14-12+,25-18-/t16-,23-/m0/s1. The zero-order chi connectivity index (χ0) is 21.4. The molecule has 4 aliphatic rings. The van der Waals surface area contributed by atoms with Gasteiger partial charge in [-0.05, 0) is 63.0 Å². The Morgan fingerprint density at radius 3 is 3.00 bits per heavy atom. The number of carbonyl (C=O) groups excluding carboxylic acids is 1. The molecule has 2 saturated carbocycles. The van der Waals surface area contributed by atoms with Crippen LogP contribution in [0, 0.1) is 5.92 Å². The van der Waals surface area contributed by atoms with E-state index in [0.29, 0.717) is 23.5 Å². The number of hydrogen-bond donors (Lipinski definition) is 1. The van der Waals surface area contributed by atoms with Crippen molar-refractivity contribution >= 4 is 23.1 Å². The van der Waals surface area contributed by atoms with Gasteiger partial charge < -0.3 is 10.2 Å². The van der Waals surface area contributed by atoms with E-state index in [9.17, 15) is 9.18 Å². The number of nitrogens with zero attached hydrogens (tertiary/aromatic N) is 5. The first kappa shape index (κ1) is 18.7. The number of aliphatic imine (C=N–C) groups is 1. The number of amides is 1. The first-order chi connectivity index (χ1) is 14.9. The SMILES string of the molecule is C=C1/C(=N\C=C(/C)F)CCC2(CC2)NC(=O)c2cnn3ccc(nc23)N2CC[C@H]3C[C@]132. The van der Waals surface area contributed by atoms with E-state index in [1.807, 2.05) is 12.3 Å². The Balaban J connectivity index is 1.50. The smallest absolute Gasteiger partial charge is 0.257 e. The van der Waals surface area contributed by atoms with E-state index < -0.39 is 0 Å². The van der Waals surface area contributed by atoms with Crippen LogP contribution in [0.2, 0.25) is 0 Å². The summed E-state index contributed by atoms with van der Waals surface area (Å²) in [6.07, 6.45) is 10.1. The quantitative estimate of drug-likeness (QED) is 0.765. The Labute approximate surface area is 179 Å². The highest BCUT2D eigenvalue weighted by Gasteiger charge is 2.64. The van der Waals surface area contributed by atoms with Crippen molar-refractivity contribution in [1.82, 2.24) is 19.9 Å². The minimum Gasteiger partial charge on any atom is -0.346 e. The molecule has 1 saturated heterocycles. The number of rotatable bonds is 1. The summed E-state index contributed by atoms with van der Waals surface area (Å²) in [6.45, 7) is 6.75. The molecular formula is C23H25FN6O. The maximum Gasteiger partial charge on any atom is 0.257 e. The van der Waals surface area contributed by atoms with Crippen molar-refractivity contribution in [2.24, 2.45) is 10.9 Å². The Hall–Kier alpha value is -3.03. The van der Waals surface area contributed by atoms with Crippen molar-refractivity contribution in [1.29, 1.82) is 0 Å². The van der Waals surface area contributed by atoms with Gasteiger partial charge in [0, 0.05) is 24.0 Å². The molecule has 3 fully saturated rings. The van der Waals surface area contributed by atoms with Crippen molar-refractivity contribution in [2.75, 3.05) is 11.4 Å². The highest BCUT2D eigenvalue weighted by molar-refractivity contribution is 6.04. The van der Waals surface area contributed by atoms with Gasteiger partial charge in [0.15, 0.2) is 5.65 Å². The van der Waals surface area contributed by atoms with E-state index in [4.69, 9.17) is 4.98 Å². The fourth-order valence-corrected chi connectivity index (χ4v) is 5.46. The maximum atomic E-state index is 13.5. The third kappa shape index (κ3) is 2.77. The molecule has 0 unspecified atom stereocenters. The van der Waals surface area contributed by atoms with Crippen LogP contribution in [0.15, 0.2) is 47.6 Å². The Morgan fingerprint density at radius 2 is 2.26 bits per heavy atom. The molecule has 2 aliphatic heterocycles. The molecule has 6 rings (SSSR count). The highest BCUT2D eigenvalue weighted by atomic mass is 19.1. The van der Waals surface area contributed by atoms with Crippen molar-refractivity contribution in [2.45, 2.75) is 56.5 Å². The fourth-order valence-electron chi connectivity index (χ4n) is 5.46. The molecule has 2 aliphatic carbocycles. The molecule has 160 valence electrons. The molecule has 0 aromatic carbocycles. The lowest BCUT2D eigenvalue weighted by atomic mass is 9.94. The topological polar surface area (TPSA) is 74.9 Å². The minimum absolute atomic E-state index is 0.145. The van der Waals surface area contributed by atoms with Gasteiger partial charge in [0.2, 0.25) is 0 Å². The summed E-state index contributed by atoms with van der Waals surface area (Å²) in [5, 5.41) is 7.54. The van der Waals surface area contributed by atoms with Crippen LogP contribution in [-0.2, 0) is 0 Å². The molecule has 8 heteroatoms. The van der Waals surface area contributed by atoms with Crippen LogP contribution < -0.4 is 10.2 Å². The second-order valence-electron chi connectivity index (χ2n) is 9.38. The van der Waals surface area contributed by atoms with Gasteiger partial charge in [0.05, 0.1) is 17.9 Å². The second-order valence-corrected chi connectivity index (χ2v) is 9.38. The first-order valence-corrected chi connectivity index (χ1v) is 11.0. The molecule has 7 nitrogen and oxygen atoms in total. The lowest BCUT2D eigenvalue weighted by Gasteiger charge is -2.32. The van der Waals surface area contributed by atoms with E-state index in [0.717, 1.165) is 55.8 Å². The van der Waals surface area contributed by atoms with E-state index >= 15 is 0 Å². The van der Waals surface area contributed by atoms with Crippen molar-refractivity contribution in [3.05, 3.63) is 48.2 Å². The molecule has 1 amide bonds. The molecule has 0 radical (unpaired) electrons. The number of fused-ring (bicyclic) bond motifs is 2. The van der Waals surface area contributed by atoms with Crippen molar-refractivity contribution in [3.8, 4) is 0 Å². The molecule has 31 heavy (non-hydrogen) atoms. The van der Waals surface area contributed by atoms with E-state index in [-0.39, 0.29) is 22.8 Å². The molecule has 2 atom stereocenters. The third-order valence-corrected chi connectivity index (χ3v) is 7.47. The predicted octanol–water partition coefficient (Wildman–Crippen LogP) is 3.58. The summed E-state index contributed by atoms with van der Waals surface area (Å²) in [5.41, 5.74) is 2.39. The van der Waals surface area contributed by atoms with Crippen LogP contribution in [0.1, 0.15) is 55.8 Å². The highest BCUT2D eigenvalue weighted by Crippen LogP contribution is 2.61. The van der Waals surface area contributed by atoms with Crippen molar-refractivity contribution < 1.29 is 9.18 Å². The summed E-state index contributed by atoms with van der Waals surface area (Å²) in [7, 11) is 0. The van der Waals surface area contributed by atoms with Crippen LogP contribution in [0.5, 0.6) is 0 Å². The number of halogens is 1. The lowest BCUT2D eigenvalue weighted by Crippen LogP contribution is -2.40. The maximum absolute atomic E-state index is 13.5. The van der Waals surface area contributed by atoms with E-state index in [1.165, 1.54) is 13.1 Å². The molecule has 1 N–H and O–H groups in total. The molecular weight excluding hydrogens is 395 g/mol. The summed E-state index contributed by atoms with van der Waals surface area (Å²) >= 11 is 0. The second kappa shape index (κ2) is 6.24. The zero-order valence-electron chi connectivity index (χ0n) is 17.6. The number of anilines is 1. The number of aromatic nitrogens is 3.